The predicted molar refractivity (Wildman–Crippen MR) is 135 cm³/mol. The van der Waals surface area contributed by atoms with Crippen LogP contribution >= 0.6 is 11.6 Å². The molecule has 0 aromatic heterocycles. The Bertz CT molecular complexity index is 885. The molecule has 2 heterocycles. The summed E-state index contributed by atoms with van der Waals surface area (Å²) in [5.41, 5.74) is 2.50. The number of nitrogens with one attached hydrogen (secondary N) is 2. The van der Waals surface area contributed by atoms with Crippen LogP contribution < -0.4 is 10.6 Å². The number of hydrogen-bond donors (Lipinski definition) is 2. The normalized spacial score (nSPS) is 22.5. The number of hydrogen-bond acceptors (Lipinski definition) is 4. The van der Waals surface area contributed by atoms with Crippen LogP contribution in [0.2, 0.25) is 5.02 Å². The van der Waals surface area contributed by atoms with Crippen molar-refractivity contribution in [2.75, 3.05) is 32.7 Å². The van der Waals surface area contributed by atoms with Crippen LogP contribution in [-0.4, -0.2) is 66.6 Å². The number of benzene rings is 2. The second-order valence-electron chi connectivity index (χ2n) is 9.38. The number of nitrogens with zero attached hydrogens (tertiary/aromatic N) is 2. The number of carbonyl (C=O) groups is 1. The van der Waals surface area contributed by atoms with Crippen LogP contribution in [0, 0.1) is 0 Å². The molecule has 0 spiro atoms. The molecule has 0 bridgehead atoms. The van der Waals surface area contributed by atoms with Crippen molar-refractivity contribution in [3.63, 3.8) is 0 Å². The lowest BCUT2D eigenvalue weighted by Gasteiger charge is -2.34. The molecule has 6 heteroatoms. The Morgan fingerprint density at radius 2 is 1.76 bits per heavy atom. The summed E-state index contributed by atoms with van der Waals surface area (Å²) in [6, 6.07) is 19.5. The van der Waals surface area contributed by atoms with Crippen molar-refractivity contribution in [1.82, 2.24) is 20.4 Å². The van der Waals surface area contributed by atoms with Gasteiger partial charge in [0.25, 0.3) is 0 Å². The van der Waals surface area contributed by atoms with Crippen molar-refractivity contribution in [3.8, 4) is 0 Å². The summed E-state index contributed by atoms with van der Waals surface area (Å²) < 4.78 is 0. The van der Waals surface area contributed by atoms with Crippen molar-refractivity contribution in [1.29, 1.82) is 0 Å². The topological polar surface area (TPSA) is 47.6 Å². The highest BCUT2D eigenvalue weighted by Crippen LogP contribution is 2.25. The number of piperidine rings is 1. The highest BCUT2D eigenvalue weighted by atomic mass is 35.5. The van der Waals surface area contributed by atoms with E-state index in [1.807, 2.05) is 25.1 Å². The fourth-order valence-corrected chi connectivity index (χ4v) is 5.39. The number of likely N-dealkylation sites (N-methyl/N-ethyl adjacent to an activating group) is 1. The Labute approximate surface area is 203 Å². The summed E-state index contributed by atoms with van der Waals surface area (Å²) >= 11 is 6.41. The van der Waals surface area contributed by atoms with Gasteiger partial charge < -0.3 is 15.5 Å². The predicted octanol–water partition coefficient (Wildman–Crippen LogP) is 3.72. The zero-order chi connectivity index (χ0) is 23.0. The summed E-state index contributed by atoms with van der Waals surface area (Å²) in [5.74, 6) is 0.129. The Morgan fingerprint density at radius 3 is 2.48 bits per heavy atom. The van der Waals surface area contributed by atoms with Gasteiger partial charge in [-0.2, -0.15) is 0 Å². The molecule has 33 heavy (non-hydrogen) atoms. The van der Waals surface area contributed by atoms with Gasteiger partial charge in [-0.25, -0.2) is 0 Å². The summed E-state index contributed by atoms with van der Waals surface area (Å²) in [6.45, 7) is 7.63. The van der Waals surface area contributed by atoms with E-state index >= 15 is 0 Å². The zero-order valence-electron chi connectivity index (χ0n) is 19.7. The number of halogens is 1. The Hall–Kier alpha value is -1.92. The molecule has 0 radical (unpaired) electrons. The summed E-state index contributed by atoms with van der Waals surface area (Å²) in [4.78, 5) is 17.7. The van der Waals surface area contributed by atoms with Crippen LogP contribution in [0.1, 0.15) is 37.3 Å². The molecule has 178 valence electrons. The Balaban J connectivity index is 1.28. The van der Waals surface area contributed by atoms with E-state index in [4.69, 9.17) is 11.6 Å². The van der Waals surface area contributed by atoms with Crippen molar-refractivity contribution in [2.45, 2.75) is 57.3 Å². The van der Waals surface area contributed by atoms with Crippen LogP contribution in [-0.2, 0) is 17.8 Å². The van der Waals surface area contributed by atoms with E-state index in [1.54, 1.807) is 0 Å². The average Bonchev–Trinajstić information content (AvgIpc) is 3.23. The first-order valence-corrected chi connectivity index (χ1v) is 12.8. The average molecular weight is 469 g/mol. The molecular formula is C27H37ClN4O. The summed E-state index contributed by atoms with van der Waals surface area (Å²) in [7, 11) is 0. The van der Waals surface area contributed by atoms with Crippen molar-refractivity contribution >= 4 is 17.5 Å². The van der Waals surface area contributed by atoms with Gasteiger partial charge in [-0.05, 0) is 62.9 Å². The van der Waals surface area contributed by atoms with Gasteiger partial charge in [0, 0.05) is 43.3 Å². The minimum atomic E-state index is -0.107. The molecule has 2 aliphatic heterocycles. The largest absolute Gasteiger partial charge is 0.355 e. The molecule has 4 rings (SSSR count). The SMILES string of the molecule is CCNC(=O)[C@@H]1C[C@H](NC2CCN(CCc3ccccc3)CC2)CN1Cc1ccccc1Cl. The second kappa shape index (κ2) is 12.0. The molecule has 1 amide bonds. The van der Waals surface area contributed by atoms with E-state index in [2.05, 4.69) is 56.8 Å². The van der Waals surface area contributed by atoms with Gasteiger partial charge in [-0.3, -0.25) is 9.69 Å². The standard InChI is InChI=1S/C27H37ClN4O/c1-2-29-27(33)26-18-24(20-32(26)19-22-10-6-7-11-25(22)28)30-23-13-16-31(17-14-23)15-12-21-8-4-3-5-9-21/h3-11,23-24,26,30H,2,12-20H2,1H3,(H,29,33)/t24-,26-/m0/s1. The smallest absolute Gasteiger partial charge is 0.237 e. The molecule has 0 saturated carbocycles. The minimum absolute atomic E-state index is 0.107. The molecule has 0 unspecified atom stereocenters. The van der Waals surface area contributed by atoms with Gasteiger partial charge in [-0.15, -0.1) is 0 Å². The van der Waals surface area contributed by atoms with Crippen molar-refractivity contribution < 1.29 is 4.79 Å². The quantitative estimate of drug-likeness (QED) is 0.589. The zero-order valence-corrected chi connectivity index (χ0v) is 20.4. The van der Waals surface area contributed by atoms with Gasteiger partial charge in [0.05, 0.1) is 6.04 Å². The van der Waals surface area contributed by atoms with Gasteiger partial charge in [0.15, 0.2) is 0 Å². The van der Waals surface area contributed by atoms with E-state index in [1.165, 1.54) is 18.4 Å². The maximum absolute atomic E-state index is 12.8. The Morgan fingerprint density at radius 1 is 1.03 bits per heavy atom. The molecule has 2 aromatic rings. The lowest BCUT2D eigenvalue weighted by molar-refractivity contribution is -0.125. The maximum Gasteiger partial charge on any atom is 0.237 e. The van der Waals surface area contributed by atoms with Crippen LogP contribution in [0.3, 0.4) is 0 Å². The number of likely N-dealkylation sites (tertiary alicyclic amines) is 2. The monoisotopic (exact) mass is 468 g/mol. The molecular weight excluding hydrogens is 432 g/mol. The third-order valence-corrected chi connectivity index (χ3v) is 7.38. The molecule has 2 saturated heterocycles. The molecule has 2 aromatic carbocycles. The maximum atomic E-state index is 12.8. The van der Waals surface area contributed by atoms with Crippen LogP contribution in [0.5, 0.6) is 0 Å². The molecule has 2 aliphatic rings. The number of amides is 1. The first-order chi connectivity index (χ1) is 16.1. The summed E-state index contributed by atoms with van der Waals surface area (Å²) in [6.07, 6.45) is 4.31. The molecule has 2 atom stereocenters. The fourth-order valence-electron chi connectivity index (χ4n) is 5.20. The molecule has 2 N–H and O–H groups in total. The van der Waals surface area contributed by atoms with Gasteiger partial charge in [0.1, 0.15) is 0 Å². The first kappa shape index (κ1) is 24.2. The lowest BCUT2D eigenvalue weighted by Crippen LogP contribution is -2.47. The molecule has 2 fully saturated rings. The summed E-state index contributed by atoms with van der Waals surface area (Å²) in [5, 5.41) is 7.69. The molecule has 0 aliphatic carbocycles. The van der Waals surface area contributed by atoms with E-state index < -0.39 is 0 Å². The lowest BCUT2D eigenvalue weighted by atomic mass is 10.0. The first-order valence-electron chi connectivity index (χ1n) is 12.4. The highest BCUT2D eigenvalue weighted by molar-refractivity contribution is 6.31. The minimum Gasteiger partial charge on any atom is -0.355 e. The van der Waals surface area contributed by atoms with Crippen molar-refractivity contribution in [2.24, 2.45) is 0 Å². The number of carbonyl (C=O) groups excluding carboxylic acids is 1. The van der Waals surface area contributed by atoms with E-state index in [-0.39, 0.29) is 11.9 Å². The number of rotatable bonds is 9. The van der Waals surface area contributed by atoms with E-state index in [0.717, 1.165) is 49.6 Å². The highest BCUT2D eigenvalue weighted by Gasteiger charge is 2.37. The third-order valence-electron chi connectivity index (χ3n) is 7.01. The van der Waals surface area contributed by atoms with Gasteiger partial charge >= 0.3 is 0 Å². The van der Waals surface area contributed by atoms with E-state index in [9.17, 15) is 4.79 Å². The third kappa shape index (κ3) is 6.80. The van der Waals surface area contributed by atoms with Crippen LogP contribution in [0.4, 0.5) is 0 Å². The van der Waals surface area contributed by atoms with Crippen LogP contribution in [0.15, 0.2) is 54.6 Å². The van der Waals surface area contributed by atoms with Crippen LogP contribution in [0.25, 0.3) is 0 Å². The van der Waals surface area contributed by atoms with Gasteiger partial charge in [-0.1, -0.05) is 60.1 Å². The fraction of sp³-hybridized carbons (Fsp3) is 0.519. The Kier molecular flexibility index (Phi) is 8.79. The second-order valence-corrected chi connectivity index (χ2v) is 9.79. The molecule has 5 nitrogen and oxygen atoms in total. The van der Waals surface area contributed by atoms with Gasteiger partial charge in [0.2, 0.25) is 5.91 Å². The van der Waals surface area contributed by atoms with E-state index in [0.29, 0.717) is 25.2 Å². The van der Waals surface area contributed by atoms with Crippen molar-refractivity contribution in [3.05, 3.63) is 70.7 Å².